The van der Waals surface area contributed by atoms with Gasteiger partial charge < -0.3 is 19.2 Å². The van der Waals surface area contributed by atoms with Gasteiger partial charge in [-0.1, -0.05) is 66.2 Å². The van der Waals surface area contributed by atoms with Gasteiger partial charge in [0.1, 0.15) is 18.6 Å². The number of aryl methyl sites for hydroxylation is 1. The summed E-state index contributed by atoms with van der Waals surface area (Å²) < 4.78 is 9.50. The van der Waals surface area contributed by atoms with Crippen LogP contribution in [0.1, 0.15) is 56.6 Å². The number of hydrogen-bond donors (Lipinski definition) is 1. The van der Waals surface area contributed by atoms with Crippen molar-refractivity contribution in [2.45, 2.75) is 60.1 Å². The van der Waals surface area contributed by atoms with Gasteiger partial charge in [0.2, 0.25) is 0 Å². The van der Waals surface area contributed by atoms with E-state index in [0.717, 1.165) is 55.1 Å². The van der Waals surface area contributed by atoms with Crippen molar-refractivity contribution < 1.29 is 19.4 Å². The van der Waals surface area contributed by atoms with Crippen molar-refractivity contribution >= 4 is 50.0 Å². The number of aliphatic carboxylic acids is 1. The number of nitrogens with zero attached hydrogens (tertiary/aromatic N) is 2. The van der Waals surface area contributed by atoms with Crippen molar-refractivity contribution in [3.8, 4) is 5.75 Å². The monoisotopic (exact) mass is 640 g/mol. The lowest BCUT2D eigenvalue weighted by Gasteiger charge is -2.23. The first-order valence-electron chi connectivity index (χ1n) is 14.5. The van der Waals surface area contributed by atoms with Crippen molar-refractivity contribution in [2.75, 3.05) is 0 Å². The minimum Gasteiger partial charge on any atom is -0.487 e. The normalized spacial score (nSPS) is 12.1. The Labute approximate surface area is 260 Å². The quantitative estimate of drug-likeness (QED) is 0.138. The summed E-state index contributed by atoms with van der Waals surface area (Å²) in [6.07, 6.45) is 2.62. The van der Waals surface area contributed by atoms with Crippen molar-refractivity contribution in [2.24, 2.45) is 10.8 Å². The Morgan fingerprint density at radius 3 is 2.47 bits per heavy atom. The molecule has 1 N–H and O–H groups in total. The lowest BCUT2D eigenvalue weighted by Crippen LogP contribution is -2.28. The van der Waals surface area contributed by atoms with Crippen molar-refractivity contribution in [1.29, 1.82) is 0 Å². The SMILES string of the molecule is CC(C)(C=O)CCc1c(CC(C)(C)C(=O)O)n(Cc2ccc(Br)cc2)c2ccc(OCc3ccc4ccccc4n3)cc12. The van der Waals surface area contributed by atoms with Crippen LogP contribution in [0.25, 0.3) is 21.8 Å². The Morgan fingerprint density at radius 2 is 1.74 bits per heavy atom. The second kappa shape index (κ2) is 12.3. The van der Waals surface area contributed by atoms with Crippen LogP contribution in [-0.4, -0.2) is 26.9 Å². The number of benzene rings is 3. The van der Waals surface area contributed by atoms with E-state index in [1.165, 1.54) is 0 Å². The third-order valence-corrected chi connectivity index (χ3v) is 8.61. The molecular weight excluding hydrogens is 604 g/mol. The molecule has 2 heterocycles. The third kappa shape index (κ3) is 6.99. The molecule has 2 aromatic heterocycles. The van der Waals surface area contributed by atoms with E-state index in [0.29, 0.717) is 38.2 Å². The Bertz CT molecular complexity index is 1790. The predicted octanol–water partition coefficient (Wildman–Crippen LogP) is 8.39. The summed E-state index contributed by atoms with van der Waals surface area (Å²) in [4.78, 5) is 28.9. The third-order valence-electron chi connectivity index (χ3n) is 8.08. The standard InChI is InChI=1S/C36H37BrN2O4/c1-35(2,23-40)18-17-29-30-19-28(43-22-27-14-11-25-7-5-6-8-31(25)38-27)15-16-32(30)39(21-24-9-12-26(37)13-10-24)33(29)20-36(3,4)34(41)42/h5-16,19,23H,17-18,20-22H2,1-4H3,(H,41,42). The number of aromatic nitrogens is 2. The zero-order valence-corrected chi connectivity index (χ0v) is 26.6. The van der Waals surface area contributed by atoms with Crippen molar-refractivity contribution in [1.82, 2.24) is 9.55 Å². The molecular formula is C36H37BrN2O4. The van der Waals surface area contributed by atoms with E-state index < -0.39 is 16.8 Å². The summed E-state index contributed by atoms with van der Waals surface area (Å²) in [5.41, 5.74) is 4.42. The summed E-state index contributed by atoms with van der Waals surface area (Å²) >= 11 is 3.52. The molecule has 0 aliphatic heterocycles. The fraction of sp³-hybridized carbons (Fsp3) is 0.306. The van der Waals surface area contributed by atoms with Crippen LogP contribution in [0.4, 0.5) is 0 Å². The van der Waals surface area contributed by atoms with Crippen LogP contribution in [-0.2, 0) is 35.6 Å². The molecule has 0 amide bonds. The Morgan fingerprint density at radius 1 is 1.00 bits per heavy atom. The number of pyridine rings is 1. The van der Waals surface area contributed by atoms with Crippen LogP contribution in [0.2, 0.25) is 0 Å². The summed E-state index contributed by atoms with van der Waals surface area (Å²) in [5.74, 6) is -0.137. The summed E-state index contributed by atoms with van der Waals surface area (Å²) in [5, 5.41) is 12.2. The van der Waals surface area contributed by atoms with Crippen molar-refractivity contribution in [3.05, 3.63) is 106 Å². The van der Waals surface area contributed by atoms with Gasteiger partial charge in [-0.15, -0.1) is 0 Å². The fourth-order valence-corrected chi connectivity index (χ4v) is 5.59. The first-order valence-corrected chi connectivity index (χ1v) is 15.3. The van der Waals surface area contributed by atoms with E-state index in [-0.39, 0.29) is 0 Å². The number of carboxylic acids is 1. The first-order chi connectivity index (χ1) is 20.5. The molecule has 0 spiro atoms. The molecule has 3 aromatic carbocycles. The highest BCUT2D eigenvalue weighted by Crippen LogP contribution is 2.37. The second-order valence-corrected chi connectivity index (χ2v) is 13.5. The number of carbonyl (C=O) groups is 2. The molecule has 0 fully saturated rings. The summed E-state index contributed by atoms with van der Waals surface area (Å²) in [6.45, 7) is 8.32. The second-order valence-electron chi connectivity index (χ2n) is 12.6. The maximum Gasteiger partial charge on any atom is 0.309 e. The van der Waals surface area contributed by atoms with E-state index in [9.17, 15) is 14.7 Å². The molecule has 0 aliphatic carbocycles. The molecule has 5 rings (SSSR count). The fourth-order valence-electron chi connectivity index (χ4n) is 5.33. The van der Waals surface area contributed by atoms with Crippen LogP contribution in [0, 0.1) is 10.8 Å². The molecule has 7 heteroatoms. The average Bonchev–Trinajstić information content (AvgIpc) is 3.26. The first kappa shape index (κ1) is 30.5. The predicted molar refractivity (Wildman–Crippen MR) is 175 cm³/mol. The highest BCUT2D eigenvalue weighted by atomic mass is 79.9. The van der Waals surface area contributed by atoms with Crippen LogP contribution >= 0.6 is 15.9 Å². The number of aldehydes is 1. The zero-order chi connectivity index (χ0) is 30.8. The highest BCUT2D eigenvalue weighted by Gasteiger charge is 2.32. The van der Waals surface area contributed by atoms with E-state index in [2.05, 4.69) is 50.8 Å². The molecule has 0 radical (unpaired) electrons. The van der Waals surface area contributed by atoms with Gasteiger partial charge in [-0.3, -0.25) is 4.79 Å². The van der Waals surface area contributed by atoms with Crippen LogP contribution in [0.5, 0.6) is 5.75 Å². The van der Waals surface area contributed by atoms with Gasteiger partial charge in [0.05, 0.1) is 16.6 Å². The maximum atomic E-state index is 12.3. The van der Waals surface area contributed by atoms with Crippen LogP contribution < -0.4 is 4.74 Å². The zero-order valence-electron chi connectivity index (χ0n) is 25.1. The number of halogens is 1. The van der Waals surface area contributed by atoms with Gasteiger partial charge in [-0.2, -0.15) is 0 Å². The van der Waals surface area contributed by atoms with E-state index in [4.69, 9.17) is 9.72 Å². The molecule has 0 saturated carbocycles. The van der Waals surface area contributed by atoms with E-state index in [1.54, 1.807) is 13.8 Å². The molecule has 6 nitrogen and oxygen atoms in total. The topological polar surface area (TPSA) is 81.4 Å². The molecule has 0 bridgehead atoms. The highest BCUT2D eigenvalue weighted by molar-refractivity contribution is 9.10. The minimum atomic E-state index is -0.984. The molecule has 222 valence electrons. The Balaban J connectivity index is 1.58. The lowest BCUT2D eigenvalue weighted by atomic mass is 9.83. The van der Waals surface area contributed by atoms with Crippen LogP contribution in [0.3, 0.4) is 0 Å². The molecule has 0 unspecified atom stereocenters. The Hall–Kier alpha value is -3.97. The summed E-state index contributed by atoms with van der Waals surface area (Å²) in [6, 6.07) is 26.3. The number of rotatable bonds is 12. The van der Waals surface area contributed by atoms with Gasteiger partial charge in [0.25, 0.3) is 0 Å². The van der Waals surface area contributed by atoms with Crippen LogP contribution in [0.15, 0.2) is 83.3 Å². The number of carbonyl (C=O) groups excluding carboxylic acids is 1. The van der Waals surface area contributed by atoms with Gasteiger partial charge in [-0.05, 0) is 80.3 Å². The summed E-state index contributed by atoms with van der Waals surface area (Å²) in [7, 11) is 0. The van der Waals surface area contributed by atoms with Gasteiger partial charge in [0, 0.05) is 44.8 Å². The van der Waals surface area contributed by atoms with Gasteiger partial charge in [-0.25, -0.2) is 4.98 Å². The molecule has 0 aliphatic rings. The number of hydrogen-bond acceptors (Lipinski definition) is 4. The molecule has 43 heavy (non-hydrogen) atoms. The number of fused-ring (bicyclic) bond motifs is 2. The number of ether oxygens (including phenoxy) is 1. The Kier molecular flexibility index (Phi) is 8.74. The minimum absolute atomic E-state index is 0.322. The number of para-hydroxylation sites is 1. The lowest BCUT2D eigenvalue weighted by molar-refractivity contribution is -0.146. The molecule has 0 atom stereocenters. The van der Waals surface area contributed by atoms with Gasteiger partial charge >= 0.3 is 5.97 Å². The average molecular weight is 642 g/mol. The maximum absolute atomic E-state index is 12.3. The molecule has 0 saturated heterocycles. The molecule has 5 aromatic rings. The van der Waals surface area contributed by atoms with E-state index in [1.807, 2.05) is 62.4 Å². The smallest absolute Gasteiger partial charge is 0.309 e. The van der Waals surface area contributed by atoms with E-state index >= 15 is 0 Å². The van der Waals surface area contributed by atoms with Crippen molar-refractivity contribution in [3.63, 3.8) is 0 Å². The number of carboxylic acid groups (broad SMARTS) is 1. The van der Waals surface area contributed by atoms with Gasteiger partial charge in [0.15, 0.2) is 0 Å². The largest absolute Gasteiger partial charge is 0.487 e.